The van der Waals surface area contributed by atoms with Crippen molar-refractivity contribution >= 4 is 11.3 Å². The molecule has 114 valence electrons. The predicted octanol–water partition coefficient (Wildman–Crippen LogP) is 3.50. The van der Waals surface area contributed by atoms with Gasteiger partial charge in [0, 0.05) is 11.4 Å². The zero-order valence-corrected chi connectivity index (χ0v) is 13.8. The SMILES string of the molecule is CCCc1nc(-c2cc(OC)ccc2OC)sc1CNC. The maximum Gasteiger partial charge on any atom is 0.129 e. The Morgan fingerprint density at radius 1 is 1.24 bits per heavy atom. The summed E-state index contributed by atoms with van der Waals surface area (Å²) >= 11 is 1.72. The van der Waals surface area contributed by atoms with Gasteiger partial charge in [-0.05, 0) is 31.7 Å². The van der Waals surface area contributed by atoms with Crippen molar-refractivity contribution in [3.8, 4) is 22.1 Å². The molecule has 0 atom stereocenters. The zero-order valence-electron chi connectivity index (χ0n) is 13.0. The van der Waals surface area contributed by atoms with Gasteiger partial charge in [0.05, 0.1) is 25.5 Å². The molecule has 4 nitrogen and oxygen atoms in total. The van der Waals surface area contributed by atoms with Gasteiger partial charge in [0.15, 0.2) is 0 Å². The minimum Gasteiger partial charge on any atom is -0.497 e. The van der Waals surface area contributed by atoms with Crippen LogP contribution in [-0.2, 0) is 13.0 Å². The molecule has 0 aliphatic rings. The van der Waals surface area contributed by atoms with E-state index in [0.717, 1.165) is 41.5 Å². The summed E-state index contributed by atoms with van der Waals surface area (Å²) in [7, 11) is 5.31. The van der Waals surface area contributed by atoms with Crippen LogP contribution in [0.15, 0.2) is 18.2 Å². The molecule has 0 fully saturated rings. The van der Waals surface area contributed by atoms with Gasteiger partial charge >= 0.3 is 0 Å². The fourth-order valence-corrected chi connectivity index (χ4v) is 3.35. The maximum atomic E-state index is 5.46. The summed E-state index contributed by atoms with van der Waals surface area (Å²) in [5.41, 5.74) is 2.17. The number of methoxy groups -OCH3 is 2. The highest BCUT2D eigenvalue weighted by Crippen LogP contribution is 2.37. The molecule has 0 radical (unpaired) electrons. The van der Waals surface area contributed by atoms with Gasteiger partial charge in [0.25, 0.3) is 0 Å². The van der Waals surface area contributed by atoms with Gasteiger partial charge in [0.2, 0.25) is 0 Å². The van der Waals surface area contributed by atoms with Crippen LogP contribution in [0.3, 0.4) is 0 Å². The fraction of sp³-hybridized carbons (Fsp3) is 0.438. The third-order valence-corrected chi connectivity index (χ3v) is 4.37. The lowest BCUT2D eigenvalue weighted by atomic mass is 10.2. The van der Waals surface area contributed by atoms with Crippen molar-refractivity contribution in [1.82, 2.24) is 10.3 Å². The van der Waals surface area contributed by atoms with Gasteiger partial charge in [-0.25, -0.2) is 4.98 Å². The summed E-state index contributed by atoms with van der Waals surface area (Å²) in [4.78, 5) is 6.11. The first-order chi connectivity index (χ1) is 10.2. The normalized spacial score (nSPS) is 10.7. The van der Waals surface area contributed by atoms with Crippen molar-refractivity contribution in [1.29, 1.82) is 0 Å². The molecule has 21 heavy (non-hydrogen) atoms. The minimum atomic E-state index is 0.813. The first-order valence-electron chi connectivity index (χ1n) is 7.09. The first kappa shape index (κ1) is 15.8. The van der Waals surface area contributed by atoms with E-state index in [2.05, 4.69) is 12.2 Å². The van der Waals surface area contributed by atoms with E-state index in [9.17, 15) is 0 Å². The number of aromatic nitrogens is 1. The molecule has 1 aromatic carbocycles. The Morgan fingerprint density at radius 3 is 2.67 bits per heavy atom. The number of rotatable bonds is 7. The van der Waals surface area contributed by atoms with Crippen molar-refractivity contribution in [2.24, 2.45) is 0 Å². The van der Waals surface area contributed by atoms with Crippen LogP contribution in [0.1, 0.15) is 23.9 Å². The van der Waals surface area contributed by atoms with Gasteiger partial charge in [-0.2, -0.15) is 0 Å². The maximum absolute atomic E-state index is 5.46. The Hall–Kier alpha value is -1.59. The van der Waals surface area contributed by atoms with Crippen molar-refractivity contribution in [3.63, 3.8) is 0 Å². The summed E-state index contributed by atoms with van der Waals surface area (Å²) in [6.07, 6.45) is 2.09. The first-order valence-corrected chi connectivity index (χ1v) is 7.90. The molecule has 1 N–H and O–H groups in total. The fourth-order valence-electron chi connectivity index (χ4n) is 2.21. The van der Waals surface area contributed by atoms with Crippen LogP contribution in [0.4, 0.5) is 0 Å². The standard InChI is InChI=1S/C16H22N2O2S/c1-5-6-13-15(10-17-2)21-16(18-13)12-9-11(19-3)7-8-14(12)20-4/h7-9,17H,5-6,10H2,1-4H3. The minimum absolute atomic E-state index is 0.813. The number of thiazole rings is 1. The van der Waals surface area contributed by atoms with Crippen molar-refractivity contribution in [2.75, 3.05) is 21.3 Å². The van der Waals surface area contributed by atoms with Crippen LogP contribution in [0, 0.1) is 0 Å². The Bertz CT molecular complexity index is 572. The van der Waals surface area contributed by atoms with E-state index in [1.54, 1.807) is 25.6 Å². The molecular weight excluding hydrogens is 284 g/mol. The molecule has 0 aliphatic carbocycles. The zero-order chi connectivity index (χ0) is 15.2. The molecule has 2 aromatic rings. The number of benzene rings is 1. The highest BCUT2D eigenvalue weighted by molar-refractivity contribution is 7.15. The lowest BCUT2D eigenvalue weighted by molar-refractivity contribution is 0.404. The summed E-state index contributed by atoms with van der Waals surface area (Å²) in [6, 6.07) is 5.81. The molecular formula is C16H22N2O2S. The summed E-state index contributed by atoms with van der Waals surface area (Å²) in [5.74, 6) is 1.64. The third kappa shape index (κ3) is 3.54. The Morgan fingerprint density at radius 2 is 2.05 bits per heavy atom. The summed E-state index contributed by atoms with van der Waals surface area (Å²) < 4.78 is 10.8. The molecule has 1 aromatic heterocycles. The summed E-state index contributed by atoms with van der Waals surface area (Å²) in [6.45, 7) is 3.02. The van der Waals surface area contributed by atoms with Crippen molar-refractivity contribution in [3.05, 3.63) is 28.8 Å². The van der Waals surface area contributed by atoms with Crippen LogP contribution in [0.5, 0.6) is 11.5 Å². The molecule has 0 unspecified atom stereocenters. The summed E-state index contributed by atoms with van der Waals surface area (Å²) in [5, 5.41) is 4.20. The largest absolute Gasteiger partial charge is 0.497 e. The van der Waals surface area contributed by atoms with E-state index < -0.39 is 0 Å². The lowest BCUT2D eigenvalue weighted by Gasteiger charge is -2.08. The molecule has 0 amide bonds. The van der Waals surface area contributed by atoms with E-state index in [0.29, 0.717) is 0 Å². The smallest absolute Gasteiger partial charge is 0.129 e. The number of aryl methyl sites for hydroxylation is 1. The molecule has 5 heteroatoms. The lowest BCUT2D eigenvalue weighted by Crippen LogP contribution is -2.05. The monoisotopic (exact) mass is 306 g/mol. The second-order valence-electron chi connectivity index (χ2n) is 4.74. The van der Waals surface area contributed by atoms with Crippen LogP contribution in [0.25, 0.3) is 10.6 Å². The number of nitrogens with zero attached hydrogens (tertiary/aromatic N) is 1. The van der Waals surface area contributed by atoms with Gasteiger partial charge in [-0.15, -0.1) is 11.3 Å². The van der Waals surface area contributed by atoms with Gasteiger partial charge < -0.3 is 14.8 Å². The van der Waals surface area contributed by atoms with Gasteiger partial charge in [0.1, 0.15) is 16.5 Å². The van der Waals surface area contributed by atoms with E-state index >= 15 is 0 Å². The quantitative estimate of drug-likeness (QED) is 0.850. The van der Waals surface area contributed by atoms with E-state index in [-0.39, 0.29) is 0 Å². The molecule has 2 rings (SSSR count). The third-order valence-electron chi connectivity index (χ3n) is 3.24. The van der Waals surface area contributed by atoms with Gasteiger partial charge in [-0.3, -0.25) is 0 Å². The van der Waals surface area contributed by atoms with E-state index in [4.69, 9.17) is 14.5 Å². The second-order valence-corrected chi connectivity index (χ2v) is 5.82. The van der Waals surface area contributed by atoms with Crippen LogP contribution in [-0.4, -0.2) is 26.3 Å². The average molecular weight is 306 g/mol. The highest BCUT2D eigenvalue weighted by Gasteiger charge is 2.15. The number of ether oxygens (including phenoxy) is 2. The highest BCUT2D eigenvalue weighted by atomic mass is 32.1. The van der Waals surface area contributed by atoms with E-state index in [1.807, 2.05) is 25.2 Å². The van der Waals surface area contributed by atoms with Crippen molar-refractivity contribution in [2.45, 2.75) is 26.3 Å². The number of hydrogen-bond acceptors (Lipinski definition) is 5. The second kappa shape index (κ2) is 7.43. The van der Waals surface area contributed by atoms with E-state index in [1.165, 1.54) is 10.6 Å². The number of hydrogen-bond donors (Lipinski definition) is 1. The topological polar surface area (TPSA) is 43.4 Å². The molecule has 1 heterocycles. The van der Waals surface area contributed by atoms with Gasteiger partial charge in [-0.1, -0.05) is 13.3 Å². The molecule has 0 bridgehead atoms. The van der Waals surface area contributed by atoms with Crippen LogP contribution in [0.2, 0.25) is 0 Å². The Labute approximate surface area is 130 Å². The predicted molar refractivity (Wildman–Crippen MR) is 87.4 cm³/mol. The molecule has 0 saturated carbocycles. The molecule has 0 saturated heterocycles. The van der Waals surface area contributed by atoms with Crippen LogP contribution < -0.4 is 14.8 Å². The van der Waals surface area contributed by atoms with Crippen LogP contribution >= 0.6 is 11.3 Å². The number of nitrogens with one attached hydrogen (secondary N) is 1. The Kier molecular flexibility index (Phi) is 5.59. The average Bonchev–Trinajstić information content (AvgIpc) is 2.90. The Balaban J connectivity index is 2.47. The molecule has 0 aliphatic heterocycles. The molecule has 0 spiro atoms. The van der Waals surface area contributed by atoms with Crippen molar-refractivity contribution < 1.29 is 9.47 Å².